The third-order valence-electron chi connectivity index (χ3n) is 4.75. The van der Waals surface area contributed by atoms with E-state index in [1.54, 1.807) is 6.92 Å². The van der Waals surface area contributed by atoms with E-state index in [1.165, 1.54) is 23.6 Å². The maximum absolute atomic E-state index is 12.5. The molecule has 2 fully saturated rings. The minimum atomic E-state index is -3.32. The molecule has 0 saturated heterocycles. The predicted molar refractivity (Wildman–Crippen MR) is 78.7 cm³/mol. The number of rotatable bonds is 7. The van der Waals surface area contributed by atoms with Crippen LogP contribution >= 0.6 is 0 Å². The molecule has 20 heavy (non-hydrogen) atoms. The van der Waals surface area contributed by atoms with E-state index in [0.717, 1.165) is 12.3 Å². The van der Waals surface area contributed by atoms with Crippen LogP contribution in [-0.4, -0.2) is 44.0 Å². The molecule has 2 aliphatic carbocycles. The van der Waals surface area contributed by atoms with Crippen molar-refractivity contribution in [3.63, 3.8) is 0 Å². The van der Waals surface area contributed by atoms with Gasteiger partial charge in [-0.05, 0) is 43.9 Å². The normalized spacial score (nSPS) is 29.1. The fraction of sp³-hybridized carbons (Fsp3) is 0.929. The molecule has 116 valence electrons. The third-order valence-corrected chi connectivity index (χ3v) is 6.77. The second kappa shape index (κ2) is 6.43. The van der Waals surface area contributed by atoms with Gasteiger partial charge in [-0.15, -0.1) is 0 Å². The summed E-state index contributed by atoms with van der Waals surface area (Å²) in [5, 5.41) is 2.66. The van der Waals surface area contributed by atoms with Crippen LogP contribution in [0.15, 0.2) is 0 Å². The fourth-order valence-corrected chi connectivity index (χ4v) is 5.64. The minimum absolute atomic E-state index is 0.0481. The molecule has 1 N–H and O–H groups in total. The number of likely N-dealkylation sites (N-methyl/N-ethyl adjacent to an activating group) is 2. The molecule has 0 radical (unpaired) electrons. The first-order chi connectivity index (χ1) is 9.46. The molecule has 0 aliphatic heterocycles. The topological polar surface area (TPSA) is 66.5 Å². The van der Waals surface area contributed by atoms with Gasteiger partial charge in [-0.1, -0.05) is 13.3 Å². The summed E-state index contributed by atoms with van der Waals surface area (Å²) < 4.78 is 26.3. The highest BCUT2D eigenvalue weighted by atomic mass is 32.2. The molecule has 5 nitrogen and oxygen atoms in total. The molecule has 0 aromatic rings. The monoisotopic (exact) mass is 302 g/mol. The Morgan fingerprint density at radius 1 is 1.25 bits per heavy atom. The number of hydrogen-bond donors (Lipinski definition) is 1. The Labute approximate surface area is 122 Å². The van der Waals surface area contributed by atoms with Crippen molar-refractivity contribution in [3.05, 3.63) is 0 Å². The van der Waals surface area contributed by atoms with Crippen molar-refractivity contribution in [1.82, 2.24) is 9.62 Å². The second-order valence-corrected chi connectivity index (χ2v) is 8.11. The summed E-state index contributed by atoms with van der Waals surface area (Å²) in [5.74, 6) is 1.66. The lowest BCUT2D eigenvalue weighted by Gasteiger charge is -2.26. The van der Waals surface area contributed by atoms with Crippen molar-refractivity contribution in [2.45, 2.75) is 39.5 Å². The van der Waals surface area contributed by atoms with Crippen molar-refractivity contribution in [2.75, 3.05) is 25.4 Å². The summed E-state index contributed by atoms with van der Waals surface area (Å²) in [6.07, 6.45) is 4.73. The van der Waals surface area contributed by atoms with Gasteiger partial charge in [-0.2, -0.15) is 4.31 Å². The Bertz CT molecular complexity index is 449. The SMILES string of the molecule is CCNC(=O)CN(CC)S(=O)(=O)CC1CC2CCC1C2. The van der Waals surface area contributed by atoms with Crippen molar-refractivity contribution in [2.24, 2.45) is 17.8 Å². The van der Waals surface area contributed by atoms with Gasteiger partial charge in [-0.3, -0.25) is 4.79 Å². The third kappa shape index (κ3) is 3.52. The molecule has 2 aliphatic rings. The van der Waals surface area contributed by atoms with Gasteiger partial charge in [0.25, 0.3) is 0 Å². The lowest BCUT2D eigenvalue weighted by atomic mass is 9.90. The lowest BCUT2D eigenvalue weighted by molar-refractivity contribution is -0.121. The van der Waals surface area contributed by atoms with E-state index in [1.807, 2.05) is 6.92 Å². The fourth-order valence-electron chi connectivity index (χ4n) is 3.78. The molecule has 2 rings (SSSR count). The number of nitrogens with one attached hydrogen (secondary N) is 1. The number of fused-ring (bicyclic) bond motifs is 2. The zero-order chi connectivity index (χ0) is 14.8. The van der Waals surface area contributed by atoms with E-state index >= 15 is 0 Å². The molecule has 3 atom stereocenters. The number of sulfonamides is 1. The van der Waals surface area contributed by atoms with Gasteiger partial charge in [0, 0.05) is 13.1 Å². The first-order valence-corrected chi connectivity index (χ1v) is 9.31. The van der Waals surface area contributed by atoms with Crippen LogP contribution in [0, 0.1) is 17.8 Å². The molecule has 1 amide bonds. The molecule has 3 unspecified atom stereocenters. The van der Waals surface area contributed by atoms with E-state index in [0.29, 0.717) is 24.9 Å². The number of nitrogens with zero attached hydrogens (tertiary/aromatic N) is 1. The Balaban J connectivity index is 1.95. The maximum Gasteiger partial charge on any atom is 0.235 e. The Morgan fingerprint density at radius 2 is 2.00 bits per heavy atom. The standard InChI is InChI=1S/C14H26N2O3S/c1-3-15-14(17)9-16(4-2)20(18,19)10-13-8-11-5-6-12(13)7-11/h11-13H,3-10H2,1-2H3,(H,15,17). The molecule has 2 bridgehead atoms. The van der Waals surface area contributed by atoms with E-state index < -0.39 is 10.0 Å². The summed E-state index contributed by atoms with van der Waals surface area (Å²) in [4.78, 5) is 11.6. The van der Waals surface area contributed by atoms with E-state index in [2.05, 4.69) is 5.32 Å². The predicted octanol–water partition coefficient (Wildman–Crippen LogP) is 1.21. The summed E-state index contributed by atoms with van der Waals surface area (Å²) in [6, 6.07) is 0. The molecular formula is C14H26N2O3S. The van der Waals surface area contributed by atoms with E-state index in [-0.39, 0.29) is 18.2 Å². The molecule has 6 heteroatoms. The van der Waals surface area contributed by atoms with Crippen molar-refractivity contribution < 1.29 is 13.2 Å². The van der Waals surface area contributed by atoms with Gasteiger partial charge in [-0.25, -0.2) is 8.42 Å². The van der Waals surface area contributed by atoms with Crippen molar-refractivity contribution >= 4 is 15.9 Å². The number of hydrogen-bond acceptors (Lipinski definition) is 3. The number of amides is 1. The highest BCUT2D eigenvalue weighted by Gasteiger charge is 2.42. The van der Waals surface area contributed by atoms with Gasteiger partial charge in [0.1, 0.15) is 0 Å². The van der Waals surface area contributed by atoms with Gasteiger partial charge < -0.3 is 5.32 Å². The van der Waals surface area contributed by atoms with Crippen molar-refractivity contribution in [3.8, 4) is 0 Å². The van der Waals surface area contributed by atoms with Gasteiger partial charge in [0.15, 0.2) is 0 Å². The van der Waals surface area contributed by atoms with Crippen LogP contribution in [0.4, 0.5) is 0 Å². The first kappa shape index (κ1) is 15.8. The molecule has 0 spiro atoms. The molecular weight excluding hydrogens is 276 g/mol. The van der Waals surface area contributed by atoms with Crippen LogP contribution in [0.5, 0.6) is 0 Å². The summed E-state index contributed by atoms with van der Waals surface area (Å²) in [6.45, 7) is 4.46. The second-order valence-electron chi connectivity index (χ2n) is 6.09. The number of carbonyl (C=O) groups excluding carboxylic acids is 1. The first-order valence-electron chi connectivity index (χ1n) is 7.70. The summed E-state index contributed by atoms with van der Waals surface area (Å²) in [7, 11) is -3.32. The Morgan fingerprint density at radius 3 is 2.50 bits per heavy atom. The van der Waals surface area contributed by atoms with Crippen LogP contribution < -0.4 is 5.32 Å². The highest BCUT2D eigenvalue weighted by molar-refractivity contribution is 7.89. The quantitative estimate of drug-likeness (QED) is 0.769. The van der Waals surface area contributed by atoms with Crippen LogP contribution in [0.25, 0.3) is 0 Å². The van der Waals surface area contributed by atoms with Crippen LogP contribution in [-0.2, 0) is 14.8 Å². The maximum atomic E-state index is 12.5. The van der Waals surface area contributed by atoms with Crippen LogP contribution in [0.1, 0.15) is 39.5 Å². The Hall–Kier alpha value is -0.620. The van der Waals surface area contributed by atoms with Gasteiger partial charge >= 0.3 is 0 Å². The smallest absolute Gasteiger partial charge is 0.235 e. The largest absolute Gasteiger partial charge is 0.355 e. The number of carbonyl (C=O) groups is 1. The lowest BCUT2D eigenvalue weighted by Crippen LogP contribution is -2.42. The van der Waals surface area contributed by atoms with E-state index in [4.69, 9.17) is 0 Å². The molecule has 0 heterocycles. The van der Waals surface area contributed by atoms with Crippen LogP contribution in [0.3, 0.4) is 0 Å². The molecule has 2 saturated carbocycles. The van der Waals surface area contributed by atoms with E-state index in [9.17, 15) is 13.2 Å². The summed E-state index contributed by atoms with van der Waals surface area (Å²) >= 11 is 0. The zero-order valence-corrected chi connectivity index (χ0v) is 13.3. The molecule has 0 aromatic carbocycles. The zero-order valence-electron chi connectivity index (χ0n) is 12.5. The van der Waals surface area contributed by atoms with Crippen molar-refractivity contribution in [1.29, 1.82) is 0 Å². The van der Waals surface area contributed by atoms with Crippen LogP contribution in [0.2, 0.25) is 0 Å². The summed E-state index contributed by atoms with van der Waals surface area (Å²) in [5.41, 5.74) is 0. The van der Waals surface area contributed by atoms with Gasteiger partial charge in [0.2, 0.25) is 15.9 Å². The minimum Gasteiger partial charge on any atom is -0.355 e. The molecule has 0 aromatic heterocycles. The average molecular weight is 302 g/mol. The highest BCUT2D eigenvalue weighted by Crippen LogP contribution is 2.48. The van der Waals surface area contributed by atoms with Gasteiger partial charge in [0.05, 0.1) is 12.3 Å². The Kier molecular flexibility index (Phi) is 5.07. The average Bonchev–Trinajstić information content (AvgIpc) is 2.97.